The fraction of sp³-hybridized carbons (Fsp3) is 0.423. The number of nitrogens with zero attached hydrogens (tertiary/aromatic N) is 3. The molecular formula is C26H31BrN4O4. The maximum Gasteiger partial charge on any atom is 0.241 e. The first-order valence-electron chi connectivity index (χ1n) is 12.0. The van der Waals surface area contributed by atoms with E-state index in [-0.39, 0.29) is 11.8 Å². The van der Waals surface area contributed by atoms with E-state index in [0.29, 0.717) is 43.8 Å². The Hall–Kier alpha value is -2.91. The van der Waals surface area contributed by atoms with Gasteiger partial charge < -0.3 is 19.3 Å². The van der Waals surface area contributed by atoms with Crippen molar-refractivity contribution in [3.8, 4) is 22.9 Å². The zero-order chi connectivity index (χ0) is 24.6. The Kier molecular flexibility index (Phi) is 8.76. The highest BCUT2D eigenvalue weighted by Crippen LogP contribution is 2.29. The van der Waals surface area contributed by atoms with Gasteiger partial charge in [0, 0.05) is 22.5 Å². The minimum absolute atomic E-state index is 0.00122. The summed E-state index contributed by atoms with van der Waals surface area (Å²) in [6, 6.07) is 13.6. The van der Waals surface area contributed by atoms with Gasteiger partial charge in [-0.3, -0.25) is 9.69 Å². The average molecular weight is 543 g/mol. The number of rotatable bonds is 10. The van der Waals surface area contributed by atoms with Gasteiger partial charge in [0.2, 0.25) is 17.6 Å². The van der Waals surface area contributed by atoms with Crippen molar-refractivity contribution in [1.29, 1.82) is 0 Å². The lowest BCUT2D eigenvalue weighted by Gasteiger charge is -2.30. The summed E-state index contributed by atoms with van der Waals surface area (Å²) >= 11 is 3.43. The Morgan fingerprint density at radius 3 is 2.51 bits per heavy atom. The second-order valence-corrected chi connectivity index (χ2v) is 9.35. The van der Waals surface area contributed by atoms with Crippen molar-refractivity contribution in [3.63, 3.8) is 0 Å². The predicted molar refractivity (Wildman–Crippen MR) is 136 cm³/mol. The molecule has 0 spiro atoms. The minimum atomic E-state index is 0.00122. The summed E-state index contributed by atoms with van der Waals surface area (Å²) in [5.74, 6) is 2.70. The van der Waals surface area contributed by atoms with Crippen molar-refractivity contribution in [3.05, 3.63) is 58.4 Å². The van der Waals surface area contributed by atoms with E-state index in [4.69, 9.17) is 14.0 Å². The standard InChI is InChI=1S/C26H31BrN4O4/c1-3-33-22-10-5-18(15-23(22)34-4-2)16-28-26(32)20-11-13-31(14-12-20)17-24-29-25(30-35-24)19-6-8-21(27)9-7-19/h5-10,15,20H,3-4,11-14,16-17H2,1-2H3,(H,28,32). The molecular weight excluding hydrogens is 512 g/mol. The molecule has 2 heterocycles. The van der Waals surface area contributed by atoms with Crippen molar-refractivity contribution in [2.24, 2.45) is 5.92 Å². The molecule has 0 aliphatic carbocycles. The molecule has 1 aliphatic rings. The third-order valence-corrected chi connectivity index (χ3v) is 6.49. The van der Waals surface area contributed by atoms with Gasteiger partial charge in [-0.2, -0.15) is 4.98 Å². The van der Waals surface area contributed by atoms with Crippen molar-refractivity contribution >= 4 is 21.8 Å². The monoisotopic (exact) mass is 542 g/mol. The Labute approximate surface area is 214 Å². The molecule has 1 aliphatic heterocycles. The van der Waals surface area contributed by atoms with Crippen LogP contribution in [0.2, 0.25) is 0 Å². The van der Waals surface area contributed by atoms with Gasteiger partial charge in [0.15, 0.2) is 11.5 Å². The van der Waals surface area contributed by atoms with Crippen LogP contribution in [0.1, 0.15) is 38.1 Å². The first kappa shape index (κ1) is 25.2. The average Bonchev–Trinajstić information content (AvgIpc) is 3.33. The Bertz CT molecular complexity index is 1110. The number of likely N-dealkylation sites (tertiary alicyclic amines) is 1. The molecule has 2 aromatic carbocycles. The predicted octanol–water partition coefficient (Wildman–Crippen LogP) is 4.82. The number of benzene rings is 2. The number of halogens is 1. The van der Waals surface area contributed by atoms with Crippen LogP contribution < -0.4 is 14.8 Å². The van der Waals surface area contributed by atoms with Crippen LogP contribution in [0.25, 0.3) is 11.4 Å². The zero-order valence-corrected chi connectivity index (χ0v) is 21.7. The third kappa shape index (κ3) is 6.82. The Balaban J connectivity index is 1.24. The van der Waals surface area contributed by atoms with Crippen LogP contribution in [-0.2, 0) is 17.9 Å². The summed E-state index contributed by atoms with van der Waals surface area (Å²) in [6.45, 7) is 7.69. The van der Waals surface area contributed by atoms with Gasteiger partial charge >= 0.3 is 0 Å². The second kappa shape index (κ2) is 12.2. The third-order valence-electron chi connectivity index (χ3n) is 5.96. The summed E-state index contributed by atoms with van der Waals surface area (Å²) < 4.78 is 17.8. The molecule has 9 heteroatoms. The lowest BCUT2D eigenvalue weighted by Crippen LogP contribution is -2.40. The fourth-order valence-electron chi connectivity index (χ4n) is 4.12. The van der Waals surface area contributed by atoms with Crippen LogP contribution in [-0.4, -0.2) is 47.3 Å². The zero-order valence-electron chi connectivity index (χ0n) is 20.1. The first-order chi connectivity index (χ1) is 17.1. The molecule has 1 amide bonds. The number of carbonyl (C=O) groups excluding carboxylic acids is 1. The molecule has 0 atom stereocenters. The highest BCUT2D eigenvalue weighted by atomic mass is 79.9. The van der Waals surface area contributed by atoms with E-state index in [1.807, 2.05) is 56.3 Å². The van der Waals surface area contributed by atoms with Crippen LogP contribution in [0, 0.1) is 5.92 Å². The summed E-state index contributed by atoms with van der Waals surface area (Å²) in [5, 5.41) is 7.18. The lowest BCUT2D eigenvalue weighted by atomic mass is 9.96. The first-order valence-corrected chi connectivity index (χ1v) is 12.8. The van der Waals surface area contributed by atoms with Crippen molar-refractivity contribution in [2.75, 3.05) is 26.3 Å². The Morgan fingerprint density at radius 1 is 1.09 bits per heavy atom. The summed E-state index contributed by atoms with van der Waals surface area (Å²) in [5.41, 5.74) is 1.90. The van der Waals surface area contributed by atoms with Crippen LogP contribution >= 0.6 is 15.9 Å². The van der Waals surface area contributed by atoms with E-state index in [1.165, 1.54) is 0 Å². The van der Waals surface area contributed by atoms with Gasteiger partial charge in [0.1, 0.15) is 0 Å². The minimum Gasteiger partial charge on any atom is -0.490 e. The van der Waals surface area contributed by atoms with Gasteiger partial charge in [-0.05, 0) is 81.7 Å². The number of hydrogen-bond acceptors (Lipinski definition) is 7. The summed E-state index contributed by atoms with van der Waals surface area (Å²) in [6.07, 6.45) is 1.60. The molecule has 1 fully saturated rings. The topological polar surface area (TPSA) is 89.7 Å². The van der Waals surface area contributed by atoms with E-state index in [2.05, 4.69) is 36.3 Å². The number of nitrogens with one attached hydrogen (secondary N) is 1. The van der Waals surface area contributed by atoms with E-state index in [0.717, 1.165) is 47.3 Å². The molecule has 0 radical (unpaired) electrons. The molecule has 186 valence electrons. The normalized spacial score (nSPS) is 14.6. The van der Waals surface area contributed by atoms with Gasteiger partial charge in [0.25, 0.3) is 0 Å². The lowest BCUT2D eigenvalue weighted by molar-refractivity contribution is -0.126. The number of piperidine rings is 1. The number of hydrogen-bond donors (Lipinski definition) is 1. The quantitative estimate of drug-likeness (QED) is 0.392. The van der Waals surface area contributed by atoms with E-state index >= 15 is 0 Å². The van der Waals surface area contributed by atoms with Gasteiger partial charge in [0.05, 0.1) is 19.8 Å². The number of ether oxygens (including phenoxy) is 2. The number of carbonyl (C=O) groups is 1. The molecule has 0 unspecified atom stereocenters. The molecule has 8 nitrogen and oxygen atoms in total. The van der Waals surface area contributed by atoms with Gasteiger partial charge in [-0.1, -0.05) is 27.2 Å². The number of amides is 1. The maximum atomic E-state index is 12.8. The second-order valence-electron chi connectivity index (χ2n) is 8.43. The Morgan fingerprint density at radius 2 is 1.80 bits per heavy atom. The summed E-state index contributed by atoms with van der Waals surface area (Å²) in [7, 11) is 0. The number of aromatic nitrogens is 2. The highest BCUT2D eigenvalue weighted by Gasteiger charge is 2.26. The van der Waals surface area contributed by atoms with Crippen molar-refractivity contribution < 1.29 is 18.8 Å². The van der Waals surface area contributed by atoms with Crippen molar-refractivity contribution in [2.45, 2.75) is 39.8 Å². The molecule has 35 heavy (non-hydrogen) atoms. The smallest absolute Gasteiger partial charge is 0.241 e. The van der Waals surface area contributed by atoms with E-state index in [1.54, 1.807) is 0 Å². The van der Waals surface area contributed by atoms with Crippen molar-refractivity contribution in [1.82, 2.24) is 20.4 Å². The SMILES string of the molecule is CCOc1ccc(CNC(=O)C2CCN(Cc3nc(-c4ccc(Br)cc4)no3)CC2)cc1OCC. The molecule has 3 aromatic rings. The molecule has 0 saturated carbocycles. The highest BCUT2D eigenvalue weighted by molar-refractivity contribution is 9.10. The van der Waals surface area contributed by atoms with Crippen LogP contribution in [0.15, 0.2) is 51.5 Å². The summed E-state index contributed by atoms with van der Waals surface area (Å²) in [4.78, 5) is 19.6. The van der Waals surface area contributed by atoms with E-state index < -0.39 is 0 Å². The largest absolute Gasteiger partial charge is 0.490 e. The van der Waals surface area contributed by atoms with Crippen LogP contribution in [0.3, 0.4) is 0 Å². The van der Waals surface area contributed by atoms with Crippen LogP contribution in [0.5, 0.6) is 11.5 Å². The molecule has 1 N–H and O–H groups in total. The molecule has 1 aromatic heterocycles. The molecule has 4 rings (SSSR count). The van der Waals surface area contributed by atoms with E-state index in [9.17, 15) is 4.79 Å². The van der Waals surface area contributed by atoms with Crippen LogP contribution in [0.4, 0.5) is 0 Å². The fourth-order valence-corrected chi connectivity index (χ4v) is 4.38. The van der Waals surface area contributed by atoms with Gasteiger partial charge in [-0.25, -0.2) is 0 Å². The maximum absolute atomic E-state index is 12.8. The van der Waals surface area contributed by atoms with Gasteiger partial charge in [-0.15, -0.1) is 0 Å². The molecule has 1 saturated heterocycles. The molecule has 0 bridgehead atoms.